The van der Waals surface area contributed by atoms with E-state index in [0.29, 0.717) is 5.56 Å². The largest absolute Gasteiger partial charge is 0.507 e. The van der Waals surface area contributed by atoms with Gasteiger partial charge in [-0.2, -0.15) is 0 Å². The van der Waals surface area contributed by atoms with Crippen LogP contribution in [0.5, 0.6) is 0 Å². The highest BCUT2D eigenvalue weighted by Crippen LogP contribution is 2.40. The zero-order valence-corrected chi connectivity index (χ0v) is 18.5. The molecule has 0 spiro atoms. The highest BCUT2D eigenvalue weighted by atomic mass is 16.3. The summed E-state index contributed by atoms with van der Waals surface area (Å²) in [6, 6.07) is 16.5. The summed E-state index contributed by atoms with van der Waals surface area (Å²) in [7, 11) is 0. The van der Waals surface area contributed by atoms with Crippen molar-refractivity contribution in [2.24, 2.45) is 0 Å². The number of aliphatic hydroxyl groups is 1. The zero-order valence-electron chi connectivity index (χ0n) is 18.5. The standard InChI is InChI=1S/C27H26N2O3/c1-4-19-9-11-21(12-10-19)24-23(25(30)22-14-17(2)7-8-18(22)3)26(31)27(32)29(24)16-20-6-5-13-28-15-20/h5-15,24,30H,4,16H2,1-3H3. The molecule has 5 heteroatoms. The van der Waals surface area contributed by atoms with Gasteiger partial charge in [-0.15, -0.1) is 0 Å². The van der Waals surface area contributed by atoms with Crippen molar-refractivity contribution in [1.82, 2.24) is 9.88 Å². The first-order chi connectivity index (χ1) is 15.4. The average molecular weight is 427 g/mol. The molecule has 2 aromatic carbocycles. The number of aliphatic hydroxyl groups excluding tert-OH is 1. The average Bonchev–Trinajstić information content (AvgIpc) is 3.06. The highest BCUT2D eigenvalue weighted by molar-refractivity contribution is 6.46. The van der Waals surface area contributed by atoms with Crippen LogP contribution in [0, 0.1) is 13.8 Å². The Labute approximate surface area is 188 Å². The molecule has 0 aliphatic carbocycles. The summed E-state index contributed by atoms with van der Waals surface area (Å²) in [5.74, 6) is -1.43. The van der Waals surface area contributed by atoms with E-state index < -0.39 is 17.7 Å². The number of nitrogens with zero attached hydrogens (tertiary/aromatic N) is 2. The van der Waals surface area contributed by atoms with Crippen molar-refractivity contribution in [2.75, 3.05) is 0 Å². The SMILES string of the molecule is CCc1ccc(C2C(=C(O)c3cc(C)ccc3C)C(=O)C(=O)N2Cc2cccnc2)cc1. The van der Waals surface area contributed by atoms with Gasteiger partial charge in [0.25, 0.3) is 11.7 Å². The molecule has 1 aliphatic heterocycles. The summed E-state index contributed by atoms with van der Waals surface area (Å²) < 4.78 is 0. The zero-order chi connectivity index (χ0) is 22.8. The molecule has 1 fully saturated rings. The number of amides is 1. The molecule has 0 saturated carbocycles. The summed E-state index contributed by atoms with van der Waals surface area (Å²) in [6.07, 6.45) is 4.24. The fourth-order valence-electron chi connectivity index (χ4n) is 4.15. The van der Waals surface area contributed by atoms with Gasteiger partial charge in [-0.25, -0.2) is 0 Å². The third-order valence-electron chi connectivity index (χ3n) is 5.97. The van der Waals surface area contributed by atoms with Crippen LogP contribution in [0.1, 0.15) is 46.3 Å². The lowest BCUT2D eigenvalue weighted by Crippen LogP contribution is -2.29. The number of aromatic nitrogens is 1. The van der Waals surface area contributed by atoms with Gasteiger partial charge in [0.1, 0.15) is 5.76 Å². The summed E-state index contributed by atoms with van der Waals surface area (Å²) in [4.78, 5) is 32.0. The molecule has 162 valence electrons. The minimum atomic E-state index is -0.680. The van der Waals surface area contributed by atoms with Crippen molar-refractivity contribution in [1.29, 1.82) is 0 Å². The van der Waals surface area contributed by atoms with Gasteiger partial charge in [-0.05, 0) is 54.7 Å². The molecular formula is C27H26N2O3. The second-order valence-corrected chi connectivity index (χ2v) is 8.20. The monoisotopic (exact) mass is 426 g/mol. The molecule has 1 amide bonds. The molecule has 5 nitrogen and oxygen atoms in total. The number of hydrogen-bond acceptors (Lipinski definition) is 4. The fraction of sp³-hybridized carbons (Fsp3) is 0.222. The van der Waals surface area contributed by atoms with E-state index in [1.54, 1.807) is 18.5 Å². The molecule has 1 unspecified atom stereocenters. The Morgan fingerprint density at radius 2 is 1.78 bits per heavy atom. The maximum atomic E-state index is 13.2. The van der Waals surface area contributed by atoms with Gasteiger partial charge >= 0.3 is 0 Å². The Hall–Kier alpha value is -3.73. The maximum Gasteiger partial charge on any atom is 0.295 e. The number of ketones is 1. The van der Waals surface area contributed by atoms with Crippen LogP contribution in [0.25, 0.3) is 5.76 Å². The van der Waals surface area contributed by atoms with E-state index in [-0.39, 0.29) is 17.9 Å². The second kappa shape index (κ2) is 8.79. The van der Waals surface area contributed by atoms with Crippen LogP contribution in [0.4, 0.5) is 0 Å². The van der Waals surface area contributed by atoms with E-state index >= 15 is 0 Å². The van der Waals surface area contributed by atoms with E-state index in [0.717, 1.165) is 34.2 Å². The Morgan fingerprint density at radius 1 is 1.03 bits per heavy atom. The quantitative estimate of drug-likeness (QED) is 0.359. The van der Waals surface area contributed by atoms with E-state index in [2.05, 4.69) is 11.9 Å². The molecule has 32 heavy (non-hydrogen) atoms. The van der Waals surface area contributed by atoms with Crippen molar-refractivity contribution in [3.63, 3.8) is 0 Å². The van der Waals surface area contributed by atoms with Crippen LogP contribution in [-0.4, -0.2) is 26.7 Å². The number of rotatable bonds is 5. The highest BCUT2D eigenvalue weighted by Gasteiger charge is 2.46. The Bertz CT molecular complexity index is 1200. The molecule has 0 radical (unpaired) electrons. The summed E-state index contributed by atoms with van der Waals surface area (Å²) >= 11 is 0. The van der Waals surface area contributed by atoms with Crippen molar-refractivity contribution >= 4 is 17.4 Å². The predicted molar refractivity (Wildman–Crippen MR) is 124 cm³/mol. The summed E-state index contributed by atoms with van der Waals surface area (Å²) in [5.41, 5.74) is 5.26. The topological polar surface area (TPSA) is 70.5 Å². The van der Waals surface area contributed by atoms with Gasteiger partial charge < -0.3 is 10.0 Å². The van der Waals surface area contributed by atoms with E-state index in [4.69, 9.17) is 0 Å². The normalized spacial score (nSPS) is 17.7. The number of aryl methyl sites for hydroxylation is 3. The predicted octanol–water partition coefficient (Wildman–Crippen LogP) is 4.88. The summed E-state index contributed by atoms with van der Waals surface area (Å²) in [6.45, 7) is 6.11. The third kappa shape index (κ3) is 3.94. The molecule has 1 saturated heterocycles. The van der Waals surface area contributed by atoms with Crippen LogP contribution in [-0.2, 0) is 22.6 Å². The van der Waals surface area contributed by atoms with Gasteiger partial charge in [0, 0.05) is 24.5 Å². The van der Waals surface area contributed by atoms with E-state index in [9.17, 15) is 14.7 Å². The first-order valence-corrected chi connectivity index (χ1v) is 10.7. The first kappa shape index (κ1) is 21.5. The molecule has 1 aromatic heterocycles. The van der Waals surface area contributed by atoms with Crippen LogP contribution in [0.15, 0.2) is 72.6 Å². The molecule has 0 bridgehead atoms. The molecule has 2 heterocycles. The maximum absolute atomic E-state index is 13.2. The van der Waals surface area contributed by atoms with Crippen LogP contribution in [0.3, 0.4) is 0 Å². The molecule has 1 aliphatic rings. The van der Waals surface area contributed by atoms with Gasteiger partial charge in [0.15, 0.2) is 0 Å². The van der Waals surface area contributed by atoms with E-state index in [1.165, 1.54) is 4.90 Å². The van der Waals surface area contributed by atoms with Crippen molar-refractivity contribution < 1.29 is 14.7 Å². The van der Waals surface area contributed by atoms with Crippen molar-refractivity contribution in [3.8, 4) is 0 Å². The number of likely N-dealkylation sites (tertiary alicyclic amines) is 1. The minimum Gasteiger partial charge on any atom is -0.507 e. The third-order valence-corrected chi connectivity index (χ3v) is 5.97. The van der Waals surface area contributed by atoms with Crippen molar-refractivity contribution in [2.45, 2.75) is 39.8 Å². The molecule has 3 aromatic rings. The molecular weight excluding hydrogens is 400 g/mol. The Morgan fingerprint density at radius 3 is 2.44 bits per heavy atom. The van der Waals surface area contributed by atoms with Crippen molar-refractivity contribution in [3.05, 3.63) is 106 Å². The number of pyridine rings is 1. The van der Waals surface area contributed by atoms with Gasteiger partial charge in [-0.1, -0.05) is 55.0 Å². The fourth-order valence-corrected chi connectivity index (χ4v) is 4.15. The van der Waals surface area contributed by atoms with E-state index in [1.807, 2.05) is 62.4 Å². The molecule has 4 rings (SSSR count). The lowest BCUT2D eigenvalue weighted by molar-refractivity contribution is -0.140. The molecule has 1 N–H and O–H groups in total. The van der Waals surface area contributed by atoms with Gasteiger partial charge in [0.05, 0.1) is 11.6 Å². The Balaban J connectivity index is 1.89. The smallest absolute Gasteiger partial charge is 0.295 e. The van der Waals surface area contributed by atoms with Crippen LogP contribution in [0.2, 0.25) is 0 Å². The second-order valence-electron chi connectivity index (χ2n) is 8.20. The number of Topliss-reactive ketones (excluding diaryl/α,β-unsaturated/α-hetero) is 1. The number of benzene rings is 2. The molecule has 1 atom stereocenters. The lowest BCUT2D eigenvalue weighted by Gasteiger charge is -2.25. The minimum absolute atomic E-state index is 0.122. The lowest BCUT2D eigenvalue weighted by atomic mass is 9.92. The number of carbonyl (C=O) groups is 2. The van der Waals surface area contributed by atoms with Crippen LogP contribution >= 0.6 is 0 Å². The van der Waals surface area contributed by atoms with Crippen LogP contribution < -0.4 is 0 Å². The van der Waals surface area contributed by atoms with Gasteiger partial charge in [-0.3, -0.25) is 14.6 Å². The number of hydrogen-bond donors (Lipinski definition) is 1. The number of carbonyl (C=O) groups excluding carboxylic acids is 2. The summed E-state index contributed by atoms with van der Waals surface area (Å²) in [5, 5.41) is 11.3. The Kier molecular flexibility index (Phi) is 5.91. The first-order valence-electron chi connectivity index (χ1n) is 10.7. The van der Waals surface area contributed by atoms with Gasteiger partial charge in [0.2, 0.25) is 0 Å².